The van der Waals surface area contributed by atoms with Gasteiger partial charge in [-0.1, -0.05) is 158 Å². The Morgan fingerprint density at radius 2 is 0.800 bits per heavy atom. The van der Waals surface area contributed by atoms with E-state index in [1.807, 2.05) is 42.5 Å². The van der Waals surface area contributed by atoms with Crippen LogP contribution in [0.4, 0.5) is 0 Å². The third-order valence-corrected chi connectivity index (χ3v) is 16.1. The molecule has 0 radical (unpaired) electrons. The first-order valence-electron chi connectivity index (χ1n) is 23.7. The maximum atomic E-state index is 6.73. The first-order valence-corrected chi connectivity index (χ1v) is 24.5. The monoisotopic (exact) mass is 909 g/mol. The van der Waals surface area contributed by atoms with E-state index in [-0.39, 0.29) is 0 Å². The molecule has 0 saturated carbocycles. The summed E-state index contributed by atoms with van der Waals surface area (Å²) in [5.74, 6) is 1.73. The first-order chi connectivity index (χ1) is 34.7. The number of rotatable bonds is 4. The minimum Gasteiger partial charge on any atom is -0.456 e. The highest BCUT2D eigenvalue weighted by Crippen LogP contribution is 2.64. The van der Waals surface area contributed by atoms with Crippen LogP contribution in [0.25, 0.3) is 132 Å². The molecule has 16 rings (SSSR count). The van der Waals surface area contributed by atoms with Gasteiger partial charge < -0.3 is 8.83 Å². The van der Waals surface area contributed by atoms with Gasteiger partial charge in [-0.25, -0.2) is 15.0 Å². The fourth-order valence-electron chi connectivity index (χ4n) is 12.1. The van der Waals surface area contributed by atoms with E-state index in [2.05, 4.69) is 170 Å². The molecule has 0 saturated heterocycles. The number of nitrogens with zero attached hydrogens (tertiary/aromatic N) is 3. The number of benzene rings is 10. The van der Waals surface area contributed by atoms with E-state index in [4.69, 9.17) is 23.8 Å². The van der Waals surface area contributed by atoms with Gasteiger partial charge in [0, 0.05) is 58.4 Å². The number of hydrogen-bond acceptors (Lipinski definition) is 6. The van der Waals surface area contributed by atoms with Gasteiger partial charge in [-0.15, -0.1) is 11.3 Å². The van der Waals surface area contributed by atoms with Crippen molar-refractivity contribution >= 4 is 75.4 Å². The molecule has 70 heavy (non-hydrogen) atoms. The Kier molecular flexibility index (Phi) is 7.63. The average Bonchev–Trinajstić information content (AvgIpc) is 4.23. The van der Waals surface area contributed by atoms with Crippen LogP contribution in [0.3, 0.4) is 0 Å². The van der Waals surface area contributed by atoms with Crippen LogP contribution in [-0.4, -0.2) is 15.0 Å². The molecule has 2 aliphatic carbocycles. The Balaban J connectivity index is 0.926. The first kappa shape index (κ1) is 38.0. The number of aromatic nitrogens is 3. The summed E-state index contributed by atoms with van der Waals surface area (Å²) in [5.41, 5.74) is 18.1. The second-order valence-corrected chi connectivity index (χ2v) is 19.6. The minimum absolute atomic E-state index is 0.434. The minimum atomic E-state index is -0.434. The average molecular weight is 910 g/mol. The molecule has 0 aliphatic heterocycles. The molecule has 0 atom stereocenters. The largest absolute Gasteiger partial charge is 0.456 e. The molecule has 1 spiro atoms. The van der Waals surface area contributed by atoms with E-state index in [1.165, 1.54) is 70.2 Å². The van der Waals surface area contributed by atoms with E-state index in [0.29, 0.717) is 17.5 Å². The molecule has 10 aromatic carbocycles. The molecule has 0 N–H and O–H groups in total. The van der Waals surface area contributed by atoms with Crippen molar-refractivity contribution in [3.05, 3.63) is 235 Å². The summed E-state index contributed by atoms with van der Waals surface area (Å²) >= 11 is 1.80. The van der Waals surface area contributed by atoms with Crippen molar-refractivity contribution in [2.45, 2.75) is 5.41 Å². The van der Waals surface area contributed by atoms with Crippen LogP contribution in [-0.2, 0) is 5.41 Å². The molecule has 4 heterocycles. The van der Waals surface area contributed by atoms with Gasteiger partial charge in [-0.2, -0.15) is 0 Å². The molecule has 4 aromatic heterocycles. The molecule has 6 heteroatoms. The van der Waals surface area contributed by atoms with E-state index in [1.54, 1.807) is 11.3 Å². The van der Waals surface area contributed by atoms with Crippen LogP contribution < -0.4 is 0 Å². The standard InChI is InChI=1S/C64H35N3O2S/c1-6-22-48-39(14-1)40-15-2-7-23-49(40)64(48)50-24-8-3-17-42(50)58-38(19-11-25-51(58)64)36-30-32-53-47(34-36)60-45(21-13-28-55(60)69-53)63-66-61(37-31-33-57-46(35-37)41-16-5-10-29-56(41)70-57)65-62(67-63)44-20-12-27-54-59(44)43-18-4-9-26-52(43)68-54/h1-35H. The van der Waals surface area contributed by atoms with Crippen LogP contribution in [0.1, 0.15) is 22.3 Å². The Hall–Kier alpha value is -8.97. The summed E-state index contributed by atoms with van der Waals surface area (Å²) in [5, 5.41) is 6.34. The fraction of sp³-hybridized carbons (Fsp3) is 0.0156. The van der Waals surface area contributed by atoms with Gasteiger partial charge in [0.1, 0.15) is 22.3 Å². The van der Waals surface area contributed by atoms with Gasteiger partial charge in [0.15, 0.2) is 17.5 Å². The van der Waals surface area contributed by atoms with Crippen LogP contribution >= 0.6 is 11.3 Å². The van der Waals surface area contributed by atoms with Crippen LogP contribution in [0.5, 0.6) is 0 Å². The van der Waals surface area contributed by atoms with E-state index in [9.17, 15) is 0 Å². The van der Waals surface area contributed by atoms with Crippen molar-refractivity contribution in [3.8, 4) is 67.5 Å². The maximum Gasteiger partial charge on any atom is 0.164 e. The molecule has 0 amide bonds. The lowest BCUT2D eigenvalue weighted by Crippen LogP contribution is -2.25. The Labute approximate surface area is 404 Å². The molecular weight excluding hydrogens is 875 g/mol. The smallest absolute Gasteiger partial charge is 0.164 e. The van der Waals surface area contributed by atoms with Crippen molar-refractivity contribution in [1.29, 1.82) is 0 Å². The summed E-state index contributed by atoms with van der Waals surface area (Å²) in [6.45, 7) is 0. The maximum absolute atomic E-state index is 6.73. The predicted molar refractivity (Wildman–Crippen MR) is 285 cm³/mol. The van der Waals surface area contributed by atoms with Crippen molar-refractivity contribution in [1.82, 2.24) is 15.0 Å². The van der Waals surface area contributed by atoms with Crippen LogP contribution in [0.15, 0.2) is 221 Å². The topological polar surface area (TPSA) is 65.0 Å². The lowest BCUT2D eigenvalue weighted by Gasteiger charge is -2.30. The van der Waals surface area contributed by atoms with Crippen molar-refractivity contribution in [2.24, 2.45) is 0 Å². The van der Waals surface area contributed by atoms with Crippen LogP contribution in [0, 0.1) is 0 Å². The molecule has 0 bridgehead atoms. The second-order valence-electron chi connectivity index (χ2n) is 18.5. The number of furan rings is 2. The predicted octanol–water partition coefficient (Wildman–Crippen LogP) is 17.0. The van der Waals surface area contributed by atoms with Crippen molar-refractivity contribution in [3.63, 3.8) is 0 Å². The second kappa shape index (κ2) is 14.0. The van der Waals surface area contributed by atoms with Gasteiger partial charge in [0.2, 0.25) is 0 Å². The number of fused-ring (bicyclic) bond motifs is 19. The molecule has 5 nitrogen and oxygen atoms in total. The molecule has 324 valence electrons. The van der Waals surface area contributed by atoms with Gasteiger partial charge in [-0.05, 0) is 110 Å². The normalized spacial score (nSPS) is 13.3. The molecule has 0 fully saturated rings. The van der Waals surface area contributed by atoms with Gasteiger partial charge in [0.25, 0.3) is 0 Å². The lowest BCUT2D eigenvalue weighted by atomic mass is 9.70. The zero-order valence-corrected chi connectivity index (χ0v) is 38.1. The lowest BCUT2D eigenvalue weighted by molar-refractivity contribution is 0.668. The number of thiophene rings is 1. The van der Waals surface area contributed by atoms with E-state index < -0.39 is 5.41 Å². The molecular formula is C64H35N3O2S. The highest BCUT2D eigenvalue weighted by molar-refractivity contribution is 7.25. The summed E-state index contributed by atoms with van der Waals surface area (Å²) in [7, 11) is 0. The van der Waals surface area contributed by atoms with Crippen LogP contribution in [0.2, 0.25) is 0 Å². The third kappa shape index (κ3) is 5.07. The number of para-hydroxylation sites is 1. The molecule has 0 unspecified atom stereocenters. The highest BCUT2D eigenvalue weighted by atomic mass is 32.1. The Bertz CT molecular complexity index is 4530. The zero-order chi connectivity index (χ0) is 45.7. The summed E-state index contributed by atoms with van der Waals surface area (Å²) in [6, 6.07) is 76.1. The number of hydrogen-bond donors (Lipinski definition) is 0. The Morgan fingerprint density at radius 1 is 0.314 bits per heavy atom. The zero-order valence-electron chi connectivity index (χ0n) is 37.3. The molecule has 14 aromatic rings. The van der Waals surface area contributed by atoms with E-state index in [0.717, 1.165) is 66.1 Å². The fourth-order valence-corrected chi connectivity index (χ4v) is 13.2. The summed E-state index contributed by atoms with van der Waals surface area (Å²) in [6.07, 6.45) is 0. The highest BCUT2D eigenvalue weighted by Gasteiger charge is 2.52. The molecule has 2 aliphatic rings. The summed E-state index contributed by atoms with van der Waals surface area (Å²) in [4.78, 5) is 16.1. The van der Waals surface area contributed by atoms with Gasteiger partial charge in [-0.3, -0.25) is 0 Å². The van der Waals surface area contributed by atoms with Gasteiger partial charge >= 0.3 is 0 Å². The van der Waals surface area contributed by atoms with Gasteiger partial charge in [0.05, 0.1) is 5.41 Å². The SMILES string of the molecule is c1ccc2c(c1)-c1ccccc1C21c2ccccc2-c2c(-c3ccc4oc5cccc(-c6nc(-c7ccc8sc9ccccc9c8c7)nc(-c7cccc8oc9ccccc9c78)n6)c5c4c3)cccc21. The Morgan fingerprint density at radius 3 is 1.54 bits per heavy atom. The van der Waals surface area contributed by atoms with Crippen molar-refractivity contribution < 1.29 is 8.83 Å². The quantitative estimate of drug-likeness (QED) is 0.176. The van der Waals surface area contributed by atoms with Crippen molar-refractivity contribution in [2.75, 3.05) is 0 Å². The van der Waals surface area contributed by atoms with E-state index >= 15 is 0 Å². The summed E-state index contributed by atoms with van der Waals surface area (Å²) < 4.78 is 15.6. The third-order valence-electron chi connectivity index (χ3n) is 15.0.